The molecule has 1 heterocycles. The standard InChI is InChI=1S/C14H22N2O3.C10H18O.H2/c1-3-12(2)19-10-9-18-8-7-16-14(17)13-5-4-6-15-11-13;1-8(2)10(11)9-6-4-3-5-7-9;/h4-6,11-12H,3,7-10H2,1-2H3,(H,16,17);8-9H,3-7H2,1-2H3;1H. The molecule has 2 rings (SSSR count). The molecular weight excluding hydrogens is 380 g/mol. The molecule has 1 atom stereocenters. The van der Waals surface area contributed by atoms with Crippen LogP contribution in [0.25, 0.3) is 0 Å². The molecular formula is C24H42N2O4. The van der Waals surface area contributed by atoms with Gasteiger partial charge in [0, 0.05) is 32.2 Å². The summed E-state index contributed by atoms with van der Waals surface area (Å²) in [5.41, 5.74) is 0.558. The van der Waals surface area contributed by atoms with Gasteiger partial charge in [-0.1, -0.05) is 40.0 Å². The topological polar surface area (TPSA) is 77.5 Å². The monoisotopic (exact) mass is 422 g/mol. The highest BCUT2D eigenvalue weighted by atomic mass is 16.5. The van der Waals surface area contributed by atoms with Crippen LogP contribution in [0.15, 0.2) is 24.5 Å². The number of nitrogens with one attached hydrogen (secondary N) is 1. The van der Waals surface area contributed by atoms with Crippen molar-refractivity contribution < 1.29 is 20.5 Å². The van der Waals surface area contributed by atoms with Crippen molar-refractivity contribution in [1.82, 2.24) is 10.3 Å². The van der Waals surface area contributed by atoms with E-state index in [1.165, 1.54) is 25.5 Å². The van der Waals surface area contributed by atoms with Crippen LogP contribution in [0.3, 0.4) is 0 Å². The van der Waals surface area contributed by atoms with Crippen molar-refractivity contribution in [1.29, 1.82) is 0 Å². The SMILES string of the molecule is CC(C)C(=O)C1CCCCC1.CCC(C)OCCOCCNC(=O)c1cccnc1.[HH]. The lowest BCUT2D eigenvalue weighted by molar-refractivity contribution is -0.126. The maximum absolute atomic E-state index is 11.6. The minimum atomic E-state index is -0.132. The molecule has 1 unspecified atom stereocenters. The Kier molecular flexibility index (Phi) is 14.0. The van der Waals surface area contributed by atoms with E-state index < -0.39 is 0 Å². The summed E-state index contributed by atoms with van der Waals surface area (Å²) in [4.78, 5) is 27.0. The molecule has 0 bridgehead atoms. The maximum atomic E-state index is 11.6. The van der Waals surface area contributed by atoms with Crippen LogP contribution in [0.5, 0.6) is 0 Å². The van der Waals surface area contributed by atoms with Gasteiger partial charge in [-0.15, -0.1) is 0 Å². The van der Waals surface area contributed by atoms with Crippen LogP contribution >= 0.6 is 0 Å². The Bertz CT molecular complexity index is 593. The van der Waals surface area contributed by atoms with Crippen LogP contribution in [-0.4, -0.2) is 49.1 Å². The van der Waals surface area contributed by atoms with Gasteiger partial charge in [0.15, 0.2) is 0 Å². The minimum Gasteiger partial charge on any atom is -0.377 e. The highest BCUT2D eigenvalue weighted by molar-refractivity contribution is 5.93. The van der Waals surface area contributed by atoms with Gasteiger partial charge in [-0.3, -0.25) is 14.6 Å². The number of pyridine rings is 1. The average molecular weight is 423 g/mol. The summed E-state index contributed by atoms with van der Waals surface area (Å²) in [6.45, 7) is 10.2. The van der Waals surface area contributed by atoms with Gasteiger partial charge in [0.05, 0.1) is 31.5 Å². The predicted molar refractivity (Wildman–Crippen MR) is 122 cm³/mol. The van der Waals surface area contributed by atoms with Crippen LogP contribution in [0, 0.1) is 11.8 Å². The predicted octanol–water partition coefficient (Wildman–Crippen LogP) is 4.68. The maximum Gasteiger partial charge on any atom is 0.252 e. The summed E-state index contributed by atoms with van der Waals surface area (Å²) in [5.74, 6) is 1.01. The summed E-state index contributed by atoms with van der Waals surface area (Å²) in [6.07, 6.45) is 10.6. The van der Waals surface area contributed by atoms with E-state index in [4.69, 9.17) is 9.47 Å². The smallest absolute Gasteiger partial charge is 0.252 e. The van der Waals surface area contributed by atoms with Crippen LogP contribution < -0.4 is 5.32 Å². The summed E-state index contributed by atoms with van der Waals surface area (Å²) in [6, 6.07) is 3.46. The van der Waals surface area contributed by atoms with Crippen LogP contribution in [-0.2, 0) is 14.3 Å². The first-order valence-electron chi connectivity index (χ1n) is 11.4. The quantitative estimate of drug-likeness (QED) is 0.524. The lowest BCUT2D eigenvalue weighted by Crippen LogP contribution is -2.27. The number of hydrogen-bond acceptors (Lipinski definition) is 5. The van der Waals surface area contributed by atoms with Gasteiger partial charge in [-0.25, -0.2) is 0 Å². The molecule has 6 heteroatoms. The molecule has 0 aliphatic heterocycles. The van der Waals surface area contributed by atoms with Gasteiger partial charge in [-0.2, -0.15) is 0 Å². The minimum absolute atomic E-state index is 0. The van der Waals surface area contributed by atoms with Gasteiger partial charge in [0.2, 0.25) is 0 Å². The molecule has 1 aromatic rings. The number of carbonyl (C=O) groups excluding carboxylic acids is 2. The highest BCUT2D eigenvalue weighted by Gasteiger charge is 2.22. The molecule has 172 valence electrons. The Morgan fingerprint density at radius 2 is 1.90 bits per heavy atom. The van der Waals surface area contributed by atoms with E-state index in [0.29, 0.717) is 43.6 Å². The summed E-state index contributed by atoms with van der Waals surface area (Å²) >= 11 is 0. The molecule has 1 aromatic heterocycles. The summed E-state index contributed by atoms with van der Waals surface area (Å²) < 4.78 is 10.8. The highest BCUT2D eigenvalue weighted by Crippen LogP contribution is 2.26. The van der Waals surface area contributed by atoms with Gasteiger partial charge in [-0.05, 0) is 38.3 Å². The van der Waals surface area contributed by atoms with Crippen LogP contribution in [0.2, 0.25) is 0 Å². The second-order valence-electron chi connectivity index (χ2n) is 8.09. The third kappa shape index (κ3) is 11.4. The summed E-state index contributed by atoms with van der Waals surface area (Å²) in [5, 5.41) is 2.77. The normalized spacial score (nSPS) is 15.2. The van der Waals surface area contributed by atoms with E-state index in [9.17, 15) is 9.59 Å². The third-order valence-electron chi connectivity index (χ3n) is 5.24. The molecule has 6 nitrogen and oxygen atoms in total. The van der Waals surface area contributed by atoms with E-state index in [1.807, 2.05) is 20.8 Å². The van der Waals surface area contributed by atoms with Gasteiger partial charge in [0.1, 0.15) is 5.78 Å². The molecule has 30 heavy (non-hydrogen) atoms. The zero-order valence-corrected chi connectivity index (χ0v) is 19.2. The molecule has 1 fully saturated rings. The third-order valence-corrected chi connectivity index (χ3v) is 5.24. The number of rotatable bonds is 11. The molecule has 1 aliphatic rings. The Balaban J connectivity index is 0.000000640. The molecule has 0 aromatic carbocycles. The van der Waals surface area contributed by atoms with E-state index in [0.717, 1.165) is 19.3 Å². The number of hydrogen-bond donors (Lipinski definition) is 1. The molecule has 1 N–H and O–H groups in total. The first-order chi connectivity index (χ1) is 14.5. The molecule has 1 saturated carbocycles. The number of carbonyl (C=O) groups is 2. The Morgan fingerprint density at radius 3 is 2.50 bits per heavy atom. The fourth-order valence-corrected chi connectivity index (χ4v) is 3.22. The van der Waals surface area contributed by atoms with Gasteiger partial charge >= 0.3 is 0 Å². The lowest BCUT2D eigenvalue weighted by Gasteiger charge is -2.21. The number of amides is 1. The first kappa shape index (κ1) is 26.2. The number of nitrogens with zero attached hydrogens (tertiary/aromatic N) is 1. The largest absolute Gasteiger partial charge is 0.377 e. The average Bonchev–Trinajstić information content (AvgIpc) is 2.79. The first-order valence-corrected chi connectivity index (χ1v) is 11.4. The van der Waals surface area contributed by atoms with E-state index >= 15 is 0 Å². The van der Waals surface area contributed by atoms with Crippen molar-refractivity contribution >= 4 is 11.7 Å². The van der Waals surface area contributed by atoms with Crippen molar-refractivity contribution in [2.75, 3.05) is 26.4 Å². The summed E-state index contributed by atoms with van der Waals surface area (Å²) in [7, 11) is 0. The van der Waals surface area contributed by atoms with Crippen molar-refractivity contribution in [3.63, 3.8) is 0 Å². The van der Waals surface area contributed by atoms with Gasteiger partial charge < -0.3 is 14.8 Å². The van der Waals surface area contributed by atoms with E-state index in [-0.39, 0.29) is 19.4 Å². The Labute approximate surface area is 183 Å². The number of Topliss-reactive ketones (excluding diaryl/α,β-unsaturated/α-hetero) is 1. The van der Waals surface area contributed by atoms with Crippen molar-refractivity contribution in [3.8, 4) is 0 Å². The number of ketones is 1. The van der Waals surface area contributed by atoms with Crippen LogP contribution in [0.1, 0.15) is 78.0 Å². The van der Waals surface area contributed by atoms with E-state index in [2.05, 4.69) is 17.2 Å². The molecule has 0 saturated heterocycles. The molecule has 0 spiro atoms. The fraction of sp³-hybridized carbons (Fsp3) is 0.708. The zero-order chi connectivity index (χ0) is 22.2. The van der Waals surface area contributed by atoms with E-state index in [1.54, 1.807) is 18.3 Å². The zero-order valence-electron chi connectivity index (χ0n) is 19.2. The molecule has 1 amide bonds. The van der Waals surface area contributed by atoms with Gasteiger partial charge in [0.25, 0.3) is 5.91 Å². The number of aromatic nitrogens is 1. The van der Waals surface area contributed by atoms with Crippen molar-refractivity contribution in [3.05, 3.63) is 30.1 Å². The second kappa shape index (κ2) is 16.0. The fourth-order valence-electron chi connectivity index (χ4n) is 3.22. The van der Waals surface area contributed by atoms with Crippen LogP contribution in [0.4, 0.5) is 0 Å². The second-order valence-corrected chi connectivity index (χ2v) is 8.09. The van der Waals surface area contributed by atoms with Crippen molar-refractivity contribution in [2.24, 2.45) is 11.8 Å². The Hall–Kier alpha value is -1.79. The molecule has 1 aliphatic carbocycles. The Morgan fingerprint density at radius 1 is 1.17 bits per heavy atom. The number of ether oxygens (including phenoxy) is 2. The van der Waals surface area contributed by atoms with Crippen molar-refractivity contribution in [2.45, 2.75) is 72.3 Å². The molecule has 0 radical (unpaired) electrons. The lowest BCUT2D eigenvalue weighted by atomic mass is 9.83.